The van der Waals surface area contributed by atoms with Gasteiger partial charge >= 0.3 is 0 Å². The molecule has 0 spiro atoms. The number of benzene rings is 2. The number of carbonyl (C=O) groups excluding carboxylic acids is 1. The van der Waals surface area contributed by atoms with Crippen molar-refractivity contribution in [1.29, 1.82) is 0 Å². The Balaban J connectivity index is 1.61. The number of ether oxygens (including phenoxy) is 1. The molecule has 1 aliphatic rings. The summed E-state index contributed by atoms with van der Waals surface area (Å²) in [6.45, 7) is 2.65. The molecule has 2 heteroatoms. The van der Waals surface area contributed by atoms with Gasteiger partial charge in [-0.3, -0.25) is 4.79 Å². The van der Waals surface area contributed by atoms with Crippen molar-refractivity contribution in [3.05, 3.63) is 70.8 Å². The maximum atomic E-state index is 11.9. The average Bonchev–Trinajstić information content (AvgIpc) is 2.58. The molecule has 1 fully saturated rings. The van der Waals surface area contributed by atoms with Crippen LogP contribution in [0.1, 0.15) is 42.4 Å². The molecule has 2 aromatic rings. The Morgan fingerprint density at radius 1 is 0.957 bits per heavy atom. The molecule has 1 saturated carbocycles. The van der Waals surface area contributed by atoms with Gasteiger partial charge in [0.25, 0.3) is 0 Å². The number of hydrogen-bond acceptors (Lipinski definition) is 2. The second-order valence-electron chi connectivity index (χ2n) is 6.14. The van der Waals surface area contributed by atoms with Crippen molar-refractivity contribution in [3.63, 3.8) is 0 Å². The molecular formula is C21H22O2. The first kappa shape index (κ1) is 15.5. The quantitative estimate of drug-likeness (QED) is 0.734. The Hall–Kier alpha value is -2.35. The first-order chi connectivity index (χ1) is 11.2. The SMILES string of the molecule is Cc1ccc(COc2ccc(/C=C3\CCCCC3=O)cc2)cc1. The summed E-state index contributed by atoms with van der Waals surface area (Å²) in [6.07, 6.45) is 5.77. The van der Waals surface area contributed by atoms with Crippen molar-refractivity contribution in [2.24, 2.45) is 0 Å². The molecule has 0 unspecified atom stereocenters. The van der Waals surface area contributed by atoms with Crippen LogP contribution < -0.4 is 4.74 Å². The second kappa shape index (κ2) is 7.28. The Morgan fingerprint density at radius 3 is 2.35 bits per heavy atom. The third-order valence-electron chi connectivity index (χ3n) is 4.21. The molecule has 0 atom stereocenters. The smallest absolute Gasteiger partial charge is 0.158 e. The van der Waals surface area contributed by atoms with Gasteiger partial charge in [-0.25, -0.2) is 0 Å². The molecule has 0 radical (unpaired) electrons. The lowest BCUT2D eigenvalue weighted by atomic mass is 9.92. The largest absolute Gasteiger partial charge is 0.489 e. The monoisotopic (exact) mass is 306 g/mol. The van der Waals surface area contributed by atoms with Crippen LogP contribution in [-0.4, -0.2) is 5.78 Å². The van der Waals surface area contributed by atoms with Crippen LogP contribution in [0.3, 0.4) is 0 Å². The van der Waals surface area contributed by atoms with E-state index in [1.54, 1.807) is 0 Å². The number of carbonyl (C=O) groups is 1. The third kappa shape index (κ3) is 4.32. The summed E-state index contributed by atoms with van der Waals surface area (Å²) in [6, 6.07) is 16.3. The van der Waals surface area contributed by atoms with Gasteiger partial charge in [0.2, 0.25) is 0 Å². The highest BCUT2D eigenvalue weighted by molar-refractivity contribution is 6.00. The summed E-state index contributed by atoms with van der Waals surface area (Å²) in [7, 11) is 0. The van der Waals surface area contributed by atoms with E-state index in [4.69, 9.17) is 4.74 Å². The Morgan fingerprint density at radius 2 is 1.65 bits per heavy atom. The number of allylic oxidation sites excluding steroid dienone is 1. The highest BCUT2D eigenvalue weighted by atomic mass is 16.5. The lowest BCUT2D eigenvalue weighted by Crippen LogP contribution is -2.07. The Kier molecular flexibility index (Phi) is 4.92. The third-order valence-corrected chi connectivity index (χ3v) is 4.21. The van der Waals surface area contributed by atoms with E-state index in [0.29, 0.717) is 18.8 Å². The van der Waals surface area contributed by atoms with Crippen LogP contribution in [0.4, 0.5) is 0 Å². The fraction of sp³-hybridized carbons (Fsp3) is 0.286. The van der Waals surface area contributed by atoms with Crippen molar-refractivity contribution in [1.82, 2.24) is 0 Å². The van der Waals surface area contributed by atoms with Gasteiger partial charge in [0.15, 0.2) is 5.78 Å². The molecule has 118 valence electrons. The molecule has 0 N–H and O–H groups in total. The minimum Gasteiger partial charge on any atom is -0.489 e. The van der Waals surface area contributed by atoms with Gasteiger partial charge in [-0.15, -0.1) is 0 Å². The van der Waals surface area contributed by atoms with Gasteiger partial charge in [-0.2, -0.15) is 0 Å². The maximum Gasteiger partial charge on any atom is 0.158 e. The molecule has 23 heavy (non-hydrogen) atoms. The van der Waals surface area contributed by atoms with Crippen LogP contribution in [0, 0.1) is 6.92 Å². The van der Waals surface area contributed by atoms with Crippen molar-refractivity contribution in [3.8, 4) is 5.75 Å². The maximum absolute atomic E-state index is 11.9. The van der Waals surface area contributed by atoms with Gasteiger partial charge < -0.3 is 4.74 Å². The van der Waals surface area contributed by atoms with E-state index < -0.39 is 0 Å². The lowest BCUT2D eigenvalue weighted by Gasteiger charge is -2.12. The van der Waals surface area contributed by atoms with E-state index in [1.807, 2.05) is 30.3 Å². The number of aryl methyl sites for hydroxylation is 1. The first-order valence-corrected chi connectivity index (χ1v) is 8.23. The van der Waals surface area contributed by atoms with E-state index in [-0.39, 0.29) is 0 Å². The Labute approximate surface area is 137 Å². The van der Waals surface area contributed by atoms with Gasteiger partial charge in [0, 0.05) is 6.42 Å². The van der Waals surface area contributed by atoms with E-state index >= 15 is 0 Å². The number of rotatable bonds is 4. The van der Waals surface area contributed by atoms with E-state index in [0.717, 1.165) is 41.7 Å². The Bertz CT molecular complexity index is 694. The standard InChI is InChI=1S/C21H22O2/c1-16-6-8-18(9-7-16)15-23-20-12-10-17(11-13-20)14-19-4-2-3-5-21(19)22/h6-14H,2-5,15H2,1H3/b19-14+. The van der Waals surface area contributed by atoms with Gasteiger partial charge in [0.1, 0.15) is 12.4 Å². The zero-order chi connectivity index (χ0) is 16.1. The fourth-order valence-corrected chi connectivity index (χ4v) is 2.77. The number of ketones is 1. The molecule has 0 saturated heterocycles. The minimum atomic E-state index is 0.302. The van der Waals surface area contributed by atoms with Crippen molar-refractivity contribution in [2.75, 3.05) is 0 Å². The molecule has 0 aromatic heterocycles. The predicted molar refractivity (Wildman–Crippen MR) is 93.4 cm³/mol. The van der Waals surface area contributed by atoms with Crippen molar-refractivity contribution in [2.45, 2.75) is 39.2 Å². The average molecular weight is 306 g/mol. The highest BCUT2D eigenvalue weighted by Gasteiger charge is 2.14. The van der Waals surface area contributed by atoms with E-state index in [2.05, 4.69) is 31.2 Å². The summed E-state index contributed by atoms with van der Waals surface area (Å²) in [5.41, 5.74) is 4.44. The fourth-order valence-electron chi connectivity index (χ4n) is 2.77. The number of Topliss-reactive ketones (excluding diaryl/α,β-unsaturated/α-hetero) is 1. The van der Waals surface area contributed by atoms with E-state index in [1.165, 1.54) is 5.56 Å². The van der Waals surface area contributed by atoms with Crippen LogP contribution in [0.15, 0.2) is 54.1 Å². The van der Waals surface area contributed by atoms with Crippen LogP contribution in [-0.2, 0) is 11.4 Å². The highest BCUT2D eigenvalue weighted by Crippen LogP contribution is 2.23. The minimum absolute atomic E-state index is 0.302. The normalized spacial score (nSPS) is 16.6. The summed E-state index contributed by atoms with van der Waals surface area (Å²) >= 11 is 0. The van der Waals surface area contributed by atoms with Crippen LogP contribution in [0.25, 0.3) is 6.08 Å². The summed E-state index contributed by atoms with van der Waals surface area (Å²) < 4.78 is 5.81. The van der Waals surface area contributed by atoms with Crippen LogP contribution in [0.5, 0.6) is 5.75 Å². The van der Waals surface area contributed by atoms with Crippen molar-refractivity contribution >= 4 is 11.9 Å². The first-order valence-electron chi connectivity index (χ1n) is 8.23. The summed E-state index contributed by atoms with van der Waals surface area (Å²) in [5.74, 6) is 1.15. The van der Waals surface area contributed by atoms with Crippen molar-refractivity contribution < 1.29 is 9.53 Å². The molecule has 3 rings (SSSR count). The molecule has 2 nitrogen and oxygen atoms in total. The molecule has 1 aliphatic carbocycles. The number of hydrogen-bond donors (Lipinski definition) is 0. The predicted octanol–water partition coefficient (Wildman–Crippen LogP) is 5.10. The molecular weight excluding hydrogens is 284 g/mol. The summed E-state index contributed by atoms with van der Waals surface area (Å²) in [4.78, 5) is 11.9. The van der Waals surface area contributed by atoms with E-state index in [9.17, 15) is 4.79 Å². The van der Waals surface area contributed by atoms with Gasteiger partial charge in [0.05, 0.1) is 0 Å². The lowest BCUT2D eigenvalue weighted by molar-refractivity contribution is -0.116. The van der Waals surface area contributed by atoms with Gasteiger partial charge in [-0.05, 0) is 61.1 Å². The molecule has 0 heterocycles. The molecule has 0 aliphatic heterocycles. The zero-order valence-electron chi connectivity index (χ0n) is 13.5. The summed E-state index contributed by atoms with van der Waals surface area (Å²) in [5, 5.41) is 0. The van der Waals surface area contributed by atoms with Crippen LogP contribution >= 0.6 is 0 Å². The molecule has 0 bridgehead atoms. The molecule has 0 amide bonds. The zero-order valence-corrected chi connectivity index (χ0v) is 13.5. The van der Waals surface area contributed by atoms with Gasteiger partial charge in [-0.1, -0.05) is 42.0 Å². The molecule has 2 aromatic carbocycles. The second-order valence-corrected chi connectivity index (χ2v) is 6.14. The topological polar surface area (TPSA) is 26.3 Å². The van der Waals surface area contributed by atoms with Crippen LogP contribution in [0.2, 0.25) is 0 Å².